The number of benzene rings is 1. The smallest absolute Gasteiger partial charge is 0.314 e. The zero-order valence-corrected chi connectivity index (χ0v) is 14.6. The van der Waals surface area contributed by atoms with Crippen LogP contribution >= 0.6 is 0 Å². The molecular formula is C20H22N2O4. The van der Waals surface area contributed by atoms with Gasteiger partial charge in [0.1, 0.15) is 11.2 Å². The predicted octanol–water partition coefficient (Wildman–Crippen LogP) is 2.17. The van der Waals surface area contributed by atoms with Gasteiger partial charge in [0.05, 0.1) is 6.10 Å². The zero-order chi connectivity index (χ0) is 18.7. The van der Waals surface area contributed by atoms with Crippen LogP contribution in [0.4, 0.5) is 5.82 Å². The molecule has 0 unspecified atom stereocenters. The Kier molecular flexibility index (Phi) is 5.04. The highest BCUT2D eigenvalue weighted by Gasteiger charge is 2.49. The summed E-state index contributed by atoms with van der Waals surface area (Å²) in [6, 6.07) is 12.8. The summed E-state index contributed by atoms with van der Waals surface area (Å²) in [5.74, 6) is -0.471. The van der Waals surface area contributed by atoms with Gasteiger partial charge in [-0.15, -0.1) is 0 Å². The van der Waals surface area contributed by atoms with E-state index in [0.717, 1.165) is 5.56 Å². The van der Waals surface area contributed by atoms with Gasteiger partial charge in [0, 0.05) is 24.8 Å². The minimum absolute atomic E-state index is 0.0675. The molecule has 0 aliphatic carbocycles. The van der Waals surface area contributed by atoms with Crippen LogP contribution in [0, 0.1) is 5.41 Å². The number of carbonyl (C=O) groups excluding carboxylic acids is 1. The number of nitrogens with zero attached hydrogens (tertiary/aromatic N) is 2. The standard InChI is InChI=1S/C20H22N2O4/c1-14(23)16-7-8-18(21-12-16)22-10-9-17(24)20(13-22,19(25)26)11-15-5-3-2-4-6-15/h2-8,12,17,24H,9-11,13H2,1H3,(H,25,26)/t17-,20+/m0/s1. The molecule has 0 saturated carbocycles. The van der Waals surface area contributed by atoms with E-state index < -0.39 is 17.5 Å². The van der Waals surface area contributed by atoms with Crippen molar-refractivity contribution in [3.63, 3.8) is 0 Å². The first-order valence-corrected chi connectivity index (χ1v) is 8.60. The fourth-order valence-electron chi connectivity index (χ4n) is 3.48. The average molecular weight is 354 g/mol. The number of aliphatic carboxylic acids is 1. The van der Waals surface area contributed by atoms with Gasteiger partial charge in [0.15, 0.2) is 5.78 Å². The molecular weight excluding hydrogens is 332 g/mol. The van der Waals surface area contributed by atoms with E-state index in [9.17, 15) is 19.8 Å². The third kappa shape index (κ3) is 3.46. The Hall–Kier alpha value is -2.73. The van der Waals surface area contributed by atoms with Crippen molar-refractivity contribution in [2.45, 2.75) is 25.9 Å². The molecule has 6 heteroatoms. The normalized spacial score (nSPS) is 22.8. The van der Waals surface area contributed by atoms with Crippen molar-refractivity contribution in [1.82, 2.24) is 4.98 Å². The van der Waals surface area contributed by atoms with Crippen molar-refractivity contribution in [3.05, 3.63) is 59.8 Å². The molecule has 2 N–H and O–H groups in total. The van der Waals surface area contributed by atoms with Crippen LogP contribution in [0.2, 0.25) is 0 Å². The fraction of sp³-hybridized carbons (Fsp3) is 0.350. The van der Waals surface area contributed by atoms with Crippen molar-refractivity contribution in [2.75, 3.05) is 18.0 Å². The molecule has 6 nitrogen and oxygen atoms in total. The maximum Gasteiger partial charge on any atom is 0.314 e. The van der Waals surface area contributed by atoms with Crippen molar-refractivity contribution in [2.24, 2.45) is 5.41 Å². The van der Waals surface area contributed by atoms with Crippen LogP contribution in [0.15, 0.2) is 48.7 Å². The minimum atomic E-state index is -1.31. The maximum absolute atomic E-state index is 12.2. The third-order valence-corrected chi connectivity index (χ3v) is 5.05. The molecule has 3 rings (SSSR count). The lowest BCUT2D eigenvalue weighted by Gasteiger charge is -2.44. The number of hydrogen-bond donors (Lipinski definition) is 2. The second-order valence-electron chi connectivity index (χ2n) is 6.81. The van der Waals surface area contributed by atoms with Gasteiger partial charge in [0.25, 0.3) is 0 Å². The van der Waals surface area contributed by atoms with Crippen molar-refractivity contribution in [3.8, 4) is 0 Å². The van der Waals surface area contributed by atoms with Crippen LogP contribution in [0.3, 0.4) is 0 Å². The first kappa shape index (κ1) is 18.1. The van der Waals surface area contributed by atoms with Gasteiger partial charge in [-0.05, 0) is 37.5 Å². The van der Waals surface area contributed by atoms with Crippen LogP contribution in [0.1, 0.15) is 29.3 Å². The van der Waals surface area contributed by atoms with Crippen LogP contribution < -0.4 is 4.90 Å². The number of aliphatic hydroxyl groups excluding tert-OH is 1. The summed E-state index contributed by atoms with van der Waals surface area (Å²) < 4.78 is 0. The largest absolute Gasteiger partial charge is 0.481 e. The third-order valence-electron chi connectivity index (χ3n) is 5.05. The van der Waals surface area contributed by atoms with Gasteiger partial charge in [-0.1, -0.05) is 30.3 Å². The summed E-state index contributed by atoms with van der Waals surface area (Å²) in [5.41, 5.74) is 0.0795. The highest BCUT2D eigenvalue weighted by atomic mass is 16.4. The van der Waals surface area contributed by atoms with Gasteiger partial charge in [0.2, 0.25) is 0 Å². The maximum atomic E-state index is 12.2. The first-order chi connectivity index (χ1) is 12.4. The molecule has 0 radical (unpaired) electrons. The molecule has 26 heavy (non-hydrogen) atoms. The number of carboxylic acid groups (broad SMARTS) is 1. The summed E-state index contributed by atoms with van der Waals surface area (Å²) in [5, 5.41) is 20.5. The van der Waals surface area contributed by atoms with E-state index >= 15 is 0 Å². The number of anilines is 1. The molecule has 0 bridgehead atoms. The number of hydrogen-bond acceptors (Lipinski definition) is 5. The van der Waals surface area contributed by atoms with Crippen LogP contribution in [0.5, 0.6) is 0 Å². The van der Waals surface area contributed by atoms with E-state index in [2.05, 4.69) is 4.98 Å². The summed E-state index contributed by atoms with van der Waals surface area (Å²) in [7, 11) is 0. The number of piperidine rings is 1. The van der Waals surface area contributed by atoms with E-state index in [1.54, 1.807) is 12.1 Å². The number of aromatic nitrogens is 1. The zero-order valence-electron chi connectivity index (χ0n) is 14.6. The summed E-state index contributed by atoms with van der Waals surface area (Å²) in [6.45, 7) is 2.14. The summed E-state index contributed by atoms with van der Waals surface area (Å²) in [6.07, 6.45) is 1.15. The lowest BCUT2D eigenvalue weighted by Crippen LogP contribution is -2.57. The van der Waals surface area contributed by atoms with E-state index in [1.165, 1.54) is 13.1 Å². The molecule has 1 aliphatic heterocycles. The fourth-order valence-corrected chi connectivity index (χ4v) is 3.48. The van der Waals surface area contributed by atoms with Crippen LogP contribution in [0.25, 0.3) is 0 Å². The molecule has 2 heterocycles. The van der Waals surface area contributed by atoms with Crippen molar-refractivity contribution < 1.29 is 19.8 Å². The quantitative estimate of drug-likeness (QED) is 0.800. The predicted molar refractivity (Wildman–Crippen MR) is 97.3 cm³/mol. The van der Waals surface area contributed by atoms with E-state index in [4.69, 9.17) is 0 Å². The second kappa shape index (κ2) is 7.25. The highest BCUT2D eigenvalue weighted by molar-refractivity contribution is 5.93. The molecule has 136 valence electrons. The molecule has 0 amide bonds. The van der Waals surface area contributed by atoms with Crippen molar-refractivity contribution >= 4 is 17.6 Å². The molecule has 1 aromatic heterocycles. The molecule has 0 spiro atoms. The molecule has 2 atom stereocenters. The lowest BCUT2D eigenvalue weighted by molar-refractivity contribution is -0.157. The topological polar surface area (TPSA) is 90.7 Å². The molecule has 1 aromatic carbocycles. The number of pyridine rings is 1. The number of ketones is 1. The molecule has 1 fully saturated rings. The lowest BCUT2D eigenvalue weighted by atomic mass is 9.73. The Morgan fingerprint density at radius 2 is 1.96 bits per heavy atom. The van der Waals surface area contributed by atoms with E-state index in [1.807, 2.05) is 35.2 Å². The Morgan fingerprint density at radius 1 is 1.23 bits per heavy atom. The number of carboxylic acids is 1. The van der Waals surface area contributed by atoms with E-state index in [-0.39, 0.29) is 18.7 Å². The van der Waals surface area contributed by atoms with E-state index in [0.29, 0.717) is 24.3 Å². The van der Waals surface area contributed by atoms with Gasteiger partial charge in [-0.25, -0.2) is 4.98 Å². The van der Waals surface area contributed by atoms with Crippen LogP contribution in [-0.4, -0.2) is 46.1 Å². The second-order valence-corrected chi connectivity index (χ2v) is 6.81. The summed E-state index contributed by atoms with van der Waals surface area (Å²) >= 11 is 0. The first-order valence-electron chi connectivity index (χ1n) is 8.60. The Morgan fingerprint density at radius 3 is 2.54 bits per heavy atom. The van der Waals surface area contributed by atoms with Crippen LogP contribution in [-0.2, 0) is 11.2 Å². The average Bonchev–Trinajstić information content (AvgIpc) is 2.64. The van der Waals surface area contributed by atoms with Crippen molar-refractivity contribution in [1.29, 1.82) is 0 Å². The molecule has 1 saturated heterocycles. The highest BCUT2D eigenvalue weighted by Crippen LogP contribution is 2.36. The Bertz CT molecular complexity index is 791. The number of rotatable bonds is 5. The van der Waals surface area contributed by atoms with Gasteiger partial charge < -0.3 is 15.1 Å². The minimum Gasteiger partial charge on any atom is -0.481 e. The van der Waals surface area contributed by atoms with Gasteiger partial charge in [-0.3, -0.25) is 9.59 Å². The number of Topliss-reactive ketones (excluding diaryl/α,β-unsaturated/α-hetero) is 1. The van der Waals surface area contributed by atoms with Gasteiger partial charge in [-0.2, -0.15) is 0 Å². The molecule has 2 aromatic rings. The van der Waals surface area contributed by atoms with Gasteiger partial charge >= 0.3 is 5.97 Å². The Balaban J connectivity index is 1.89. The SMILES string of the molecule is CC(=O)c1ccc(N2CC[C@H](O)[C@](Cc3ccccc3)(C(=O)O)C2)nc1. The number of aliphatic hydroxyl groups is 1. The monoisotopic (exact) mass is 354 g/mol. The Labute approximate surface area is 152 Å². The number of carbonyl (C=O) groups is 2. The summed E-state index contributed by atoms with van der Waals surface area (Å²) in [4.78, 5) is 29.7. The molecule has 1 aliphatic rings.